The Morgan fingerprint density at radius 1 is 1.38 bits per heavy atom. The number of hydrogen-bond acceptors (Lipinski definition) is 3. The summed E-state index contributed by atoms with van der Waals surface area (Å²) in [5.74, 6) is -1.23. The van der Waals surface area contributed by atoms with Gasteiger partial charge in [-0.3, -0.25) is 0 Å². The fourth-order valence-corrected chi connectivity index (χ4v) is 1.15. The van der Waals surface area contributed by atoms with Gasteiger partial charge < -0.3 is 15.9 Å². The van der Waals surface area contributed by atoms with E-state index >= 15 is 0 Å². The molecule has 0 aliphatic heterocycles. The number of carbonyl (C=O) groups is 1. The largest absolute Gasteiger partial charge is 0.479 e. The van der Waals surface area contributed by atoms with E-state index in [1.54, 1.807) is 0 Å². The third kappa shape index (κ3) is 5.60. The molecule has 13 heavy (non-hydrogen) atoms. The highest BCUT2D eigenvalue weighted by Gasteiger charge is 2.21. The predicted molar refractivity (Wildman–Crippen MR) is 50.4 cm³/mol. The maximum Gasteiger partial charge on any atom is 0.334 e. The van der Waals surface area contributed by atoms with Crippen molar-refractivity contribution in [3.8, 4) is 0 Å². The lowest BCUT2D eigenvalue weighted by molar-refractivity contribution is -0.147. The van der Waals surface area contributed by atoms with Crippen LogP contribution in [0.3, 0.4) is 0 Å². The highest BCUT2D eigenvalue weighted by molar-refractivity contribution is 5.72. The molecule has 0 radical (unpaired) electrons. The molecule has 0 rings (SSSR count). The Labute approximate surface area is 78.7 Å². The van der Waals surface area contributed by atoms with Gasteiger partial charge in [-0.05, 0) is 6.42 Å². The van der Waals surface area contributed by atoms with Crippen LogP contribution in [0.5, 0.6) is 0 Å². The lowest BCUT2D eigenvalue weighted by atomic mass is 10.0. The molecule has 0 saturated heterocycles. The molecular formula is C9H19NO3. The Kier molecular flexibility index (Phi) is 6.54. The lowest BCUT2D eigenvalue weighted by Gasteiger charge is -2.14. The number of unbranched alkanes of at least 4 members (excludes halogenated alkanes) is 3. The number of rotatable bonds is 7. The number of nitrogens with two attached hydrogens (primary N) is 1. The Morgan fingerprint density at radius 2 is 2.00 bits per heavy atom. The van der Waals surface area contributed by atoms with Crippen molar-refractivity contribution in [3.63, 3.8) is 0 Å². The van der Waals surface area contributed by atoms with Crippen molar-refractivity contribution in [2.24, 2.45) is 5.73 Å². The van der Waals surface area contributed by atoms with Crippen LogP contribution in [0.4, 0.5) is 0 Å². The molecule has 0 bridgehead atoms. The van der Waals surface area contributed by atoms with Crippen LogP contribution in [0.15, 0.2) is 0 Å². The number of hydrogen-bond donors (Lipinski definition) is 3. The molecule has 0 aliphatic carbocycles. The first kappa shape index (κ1) is 12.4. The smallest absolute Gasteiger partial charge is 0.334 e. The minimum absolute atomic E-state index is 0.577. The second-order valence-electron chi connectivity index (χ2n) is 3.30. The number of aliphatic carboxylic acids is 1. The summed E-state index contributed by atoms with van der Waals surface area (Å²) in [6.45, 7) is 2.10. The normalized spacial score (nSPS) is 15.3. The summed E-state index contributed by atoms with van der Waals surface area (Å²) >= 11 is 0. The van der Waals surface area contributed by atoms with Crippen molar-refractivity contribution < 1.29 is 15.0 Å². The lowest BCUT2D eigenvalue weighted by Crippen LogP contribution is -2.40. The van der Waals surface area contributed by atoms with E-state index < -0.39 is 18.1 Å². The van der Waals surface area contributed by atoms with E-state index in [0.29, 0.717) is 6.42 Å². The molecule has 0 fully saturated rings. The molecule has 0 aromatic carbocycles. The molecular weight excluding hydrogens is 170 g/mol. The molecule has 2 atom stereocenters. The second kappa shape index (κ2) is 6.86. The molecule has 0 aromatic rings. The molecule has 78 valence electrons. The molecule has 0 amide bonds. The number of carboxylic acid groups (broad SMARTS) is 1. The van der Waals surface area contributed by atoms with Crippen molar-refractivity contribution in [1.82, 2.24) is 0 Å². The van der Waals surface area contributed by atoms with Crippen LogP contribution in [0.2, 0.25) is 0 Å². The van der Waals surface area contributed by atoms with Gasteiger partial charge in [0, 0.05) is 6.04 Å². The highest BCUT2D eigenvalue weighted by atomic mass is 16.4. The van der Waals surface area contributed by atoms with Crippen LogP contribution < -0.4 is 5.73 Å². The third-order valence-electron chi connectivity index (χ3n) is 2.05. The monoisotopic (exact) mass is 189 g/mol. The van der Waals surface area contributed by atoms with Crippen LogP contribution in [-0.2, 0) is 4.79 Å². The summed E-state index contributed by atoms with van der Waals surface area (Å²) in [5, 5.41) is 17.5. The zero-order valence-electron chi connectivity index (χ0n) is 8.07. The summed E-state index contributed by atoms with van der Waals surface area (Å²) < 4.78 is 0. The molecule has 4 heteroatoms. The van der Waals surface area contributed by atoms with Gasteiger partial charge in [0.25, 0.3) is 0 Å². The van der Waals surface area contributed by atoms with Crippen LogP contribution in [0, 0.1) is 0 Å². The van der Waals surface area contributed by atoms with Crippen LogP contribution in [0.25, 0.3) is 0 Å². The summed E-state index contributed by atoms with van der Waals surface area (Å²) in [4.78, 5) is 10.3. The van der Waals surface area contributed by atoms with Crippen LogP contribution >= 0.6 is 0 Å². The number of carboxylic acids is 1. The highest BCUT2D eigenvalue weighted by Crippen LogP contribution is 2.06. The van der Waals surface area contributed by atoms with Crippen molar-refractivity contribution in [2.45, 2.75) is 51.2 Å². The summed E-state index contributed by atoms with van der Waals surface area (Å²) in [7, 11) is 0. The van der Waals surface area contributed by atoms with E-state index in [9.17, 15) is 4.79 Å². The zero-order valence-corrected chi connectivity index (χ0v) is 8.07. The van der Waals surface area contributed by atoms with Crippen LogP contribution in [0.1, 0.15) is 39.0 Å². The summed E-state index contributed by atoms with van der Waals surface area (Å²) in [6.07, 6.45) is 3.37. The first-order valence-electron chi connectivity index (χ1n) is 4.76. The fourth-order valence-electron chi connectivity index (χ4n) is 1.15. The number of aliphatic hydroxyl groups is 1. The van der Waals surface area contributed by atoms with Crippen molar-refractivity contribution in [2.75, 3.05) is 0 Å². The summed E-state index contributed by atoms with van der Waals surface area (Å²) in [6, 6.07) is -0.630. The maximum atomic E-state index is 10.3. The van der Waals surface area contributed by atoms with Gasteiger partial charge in [-0.15, -0.1) is 0 Å². The maximum absolute atomic E-state index is 10.3. The molecule has 0 aromatic heterocycles. The molecule has 0 saturated carbocycles. The molecule has 4 N–H and O–H groups in total. The first-order valence-corrected chi connectivity index (χ1v) is 4.76. The molecule has 0 aliphatic rings. The summed E-state index contributed by atoms with van der Waals surface area (Å²) in [5.41, 5.74) is 5.47. The SMILES string of the molecule is CCCCCC[C@@H](N)[C@H](O)C(=O)O. The zero-order chi connectivity index (χ0) is 10.3. The van der Waals surface area contributed by atoms with E-state index in [-0.39, 0.29) is 0 Å². The molecule has 4 nitrogen and oxygen atoms in total. The van der Waals surface area contributed by atoms with Gasteiger partial charge in [-0.2, -0.15) is 0 Å². The topological polar surface area (TPSA) is 83.5 Å². The van der Waals surface area contributed by atoms with Gasteiger partial charge in [0.15, 0.2) is 6.10 Å². The van der Waals surface area contributed by atoms with Gasteiger partial charge in [-0.25, -0.2) is 4.79 Å². The van der Waals surface area contributed by atoms with Gasteiger partial charge in [0.2, 0.25) is 0 Å². The quantitative estimate of drug-likeness (QED) is 0.515. The fraction of sp³-hybridized carbons (Fsp3) is 0.889. The minimum Gasteiger partial charge on any atom is -0.479 e. The van der Waals surface area contributed by atoms with Crippen molar-refractivity contribution in [3.05, 3.63) is 0 Å². The average Bonchev–Trinajstić information content (AvgIpc) is 2.10. The Morgan fingerprint density at radius 3 is 2.46 bits per heavy atom. The second-order valence-corrected chi connectivity index (χ2v) is 3.30. The predicted octanol–water partition coefficient (Wildman–Crippen LogP) is 0.730. The van der Waals surface area contributed by atoms with E-state index in [1.165, 1.54) is 0 Å². The Hall–Kier alpha value is -0.610. The van der Waals surface area contributed by atoms with E-state index in [1.807, 2.05) is 0 Å². The van der Waals surface area contributed by atoms with Crippen molar-refractivity contribution >= 4 is 5.97 Å². The van der Waals surface area contributed by atoms with E-state index in [4.69, 9.17) is 15.9 Å². The molecule has 0 heterocycles. The van der Waals surface area contributed by atoms with Gasteiger partial charge in [0.05, 0.1) is 0 Å². The number of aliphatic hydroxyl groups excluding tert-OH is 1. The Balaban J connectivity index is 3.50. The van der Waals surface area contributed by atoms with Gasteiger partial charge in [-0.1, -0.05) is 32.6 Å². The first-order chi connectivity index (χ1) is 6.09. The average molecular weight is 189 g/mol. The van der Waals surface area contributed by atoms with E-state index in [2.05, 4.69) is 6.92 Å². The third-order valence-corrected chi connectivity index (χ3v) is 2.05. The van der Waals surface area contributed by atoms with Crippen molar-refractivity contribution in [1.29, 1.82) is 0 Å². The molecule has 0 spiro atoms. The standard InChI is InChI=1S/C9H19NO3/c1-2-3-4-5-6-7(10)8(11)9(12)13/h7-8,11H,2-6,10H2,1H3,(H,12,13)/t7-,8+/m1/s1. The molecule has 0 unspecified atom stereocenters. The minimum atomic E-state index is -1.42. The van der Waals surface area contributed by atoms with E-state index in [0.717, 1.165) is 25.7 Å². The van der Waals surface area contributed by atoms with Crippen LogP contribution in [-0.4, -0.2) is 28.3 Å². The van der Waals surface area contributed by atoms with Gasteiger partial charge in [0.1, 0.15) is 0 Å². The Bertz CT molecular complexity index is 150. The van der Waals surface area contributed by atoms with Gasteiger partial charge >= 0.3 is 5.97 Å².